The lowest BCUT2D eigenvalue weighted by molar-refractivity contribution is -0.122. The first-order valence-electron chi connectivity index (χ1n) is 15.2. The molecule has 1 aliphatic rings. The third-order valence-electron chi connectivity index (χ3n) is 8.41. The van der Waals surface area contributed by atoms with Gasteiger partial charge >= 0.3 is 6.09 Å². The van der Waals surface area contributed by atoms with Crippen molar-refractivity contribution in [2.75, 3.05) is 13.2 Å². The van der Waals surface area contributed by atoms with Crippen molar-refractivity contribution in [3.8, 4) is 11.1 Å². The van der Waals surface area contributed by atoms with Gasteiger partial charge in [0.25, 0.3) is 0 Å². The van der Waals surface area contributed by atoms with E-state index in [1.54, 1.807) is 0 Å². The molecule has 8 heteroatoms. The zero-order valence-electron chi connectivity index (χ0n) is 25.1. The Labute approximate surface area is 267 Å². The minimum Gasteiger partial charge on any atom is -0.449 e. The molecular formula is C38H33N5O3. The standard InChI is InChI=1S/C38H33N5O3/c39-43-40-25-30(41-37(45)46-26-35-33-22-12-10-20-31(33)32-21-11-13-23-34(32)35)24-36(44)42-38(27-14-4-1-5-15-27,28-16-6-2-7-17-28)29-18-8-3-9-19-29/h1-23,30,35H,24-26H2,(H,41,45)(H,42,44)/t30-/m0/s1. The lowest BCUT2D eigenvalue weighted by atomic mass is 9.77. The molecule has 0 unspecified atom stereocenters. The van der Waals surface area contributed by atoms with Crippen LogP contribution in [0.1, 0.15) is 40.2 Å². The molecule has 1 aliphatic carbocycles. The summed E-state index contributed by atoms with van der Waals surface area (Å²) in [6, 6.07) is 44.7. The summed E-state index contributed by atoms with van der Waals surface area (Å²) in [4.78, 5) is 29.9. The first kappa shape index (κ1) is 30.2. The highest BCUT2D eigenvalue weighted by molar-refractivity contribution is 5.81. The number of carbonyl (C=O) groups excluding carboxylic acids is 2. The Morgan fingerprint density at radius 2 is 1.17 bits per heavy atom. The van der Waals surface area contributed by atoms with Gasteiger partial charge in [0.15, 0.2) is 0 Å². The topological polar surface area (TPSA) is 116 Å². The summed E-state index contributed by atoms with van der Waals surface area (Å²) in [5.41, 5.74) is 15.1. The molecule has 6 rings (SSSR count). The van der Waals surface area contributed by atoms with E-state index < -0.39 is 17.7 Å². The van der Waals surface area contributed by atoms with Crippen LogP contribution in [0, 0.1) is 0 Å². The molecule has 0 heterocycles. The summed E-state index contributed by atoms with van der Waals surface area (Å²) in [5, 5.41) is 9.74. The molecule has 0 aromatic heterocycles. The number of carbonyl (C=O) groups is 2. The van der Waals surface area contributed by atoms with Gasteiger partial charge in [0.1, 0.15) is 12.1 Å². The summed E-state index contributed by atoms with van der Waals surface area (Å²) in [7, 11) is 0. The summed E-state index contributed by atoms with van der Waals surface area (Å²) in [5.74, 6) is -0.450. The molecule has 0 aliphatic heterocycles. The fourth-order valence-corrected chi connectivity index (χ4v) is 6.37. The second kappa shape index (κ2) is 13.8. The monoisotopic (exact) mass is 607 g/mol. The fraction of sp³-hybridized carbons (Fsp3) is 0.158. The predicted octanol–water partition coefficient (Wildman–Crippen LogP) is 7.70. The van der Waals surface area contributed by atoms with E-state index in [1.165, 1.54) is 0 Å². The molecule has 0 fully saturated rings. The molecule has 0 saturated heterocycles. The molecule has 8 nitrogen and oxygen atoms in total. The number of alkyl carbamates (subject to hydrolysis) is 1. The number of nitrogens with one attached hydrogen (secondary N) is 2. The van der Waals surface area contributed by atoms with Crippen LogP contribution in [0.25, 0.3) is 21.6 Å². The van der Waals surface area contributed by atoms with Gasteiger partial charge in [-0.2, -0.15) is 0 Å². The Hall–Kier alpha value is -5.85. The van der Waals surface area contributed by atoms with Gasteiger partial charge in [0.2, 0.25) is 5.91 Å². The van der Waals surface area contributed by atoms with Crippen LogP contribution in [0.3, 0.4) is 0 Å². The van der Waals surface area contributed by atoms with Gasteiger partial charge in [-0.1, -0.05) is 145 Å². The maximum Gasteiger partial charge on any atom is 0.407 e. The van der Waals surface area contributed by atoms with Crippen molar-refractivity contribution in [3.63, 3.8) is 0 Å². The number of fused-ring (bicyclic) bond motifs is 3. The van der Waals surface area contributed by atoms with Crippen LogP contribution in [-0.4, -0.2) is 31.2 Å². The van der Waals surface area contributed by atoms with Crippen molar-refractivity contribution in [2.45, 2.75) is 23.9 Å². The molecular weight excluding hydrogens is 574 g/mol. The number of hydrogen-bond acceptors (Lipinski definition) is 4. The third kappa shape index (κ3) is 6.20. The molecule has 2 N–H and O–H groups in total. The van der Waals surface area contributed by atoms with Crippen LogP contribution in [0.4, 0.5) is 4.79 Å². The van der Waals surface area contributed by atoms with Crippen molar-refractivity contribution < 1.29 is 14.3 Å². The van der Waals surface area contributed by atoms with Crippen LogP contribution in [0.5, 0.6) is 0 Å². The molecule has 2 amide bonds. The van der Waals surface area contributed by atoms with E-state index in [9.17, 15) is 9.59 Å². The van der Waals surface area contributed by atoms with Crippen LogP contribution in [-0.2, 0) is 15.1 Å². The van der Waals surface area contributed by atoms with Crippen molar-refractivity contribution in [1.29, 1.82) is 0 Å². The number of rotatable bonds is 11. The molecule has 228 valence electrons. The first-order chi connectivity index (χ1) is 22.6. The minimum absolute atomic E-state index is 0.111. The molecule has 0 bridgehead atoms. The van der Waals surface area contributed by atoms with Gasteiger partial charge < -0.3 is 15.4 Å². The summed E-state index contributed by atoms with van der Waals surface area (Å²) in [6.07, 6.45) is -0.828. The summed E-state index contributed by atoms with van der Waals surface area (Å²) in [6.45, 7) is 0.00253. The zero-order chi connectivity index (χ0) is 31.8. The van der Waals surface area contributed by atoms with E-state index >= 15 is 0 Å². The van der Waals surface area contributed by atoms with Crippen molar-refractivity contribution >= 4 is 12.0 Å². The van der Waals surface area contributed by atoms with Crippen molar-refractivity contribution in [2.24, 2.45) is 5.11 Å². The van der Waals surface area contributed by atoms with E-state index in [0.717, 1.165) is 38.9 Å². The van der Waals surface area contributed by atoms with Crippen LogP contribution in [0.2, 0.25) is 0 Å². The summed E-state index contributed by atoms with van der Waals surface area (Å²) >= 11 is 0. The number of ether oxygens (including phenoxy) is 1. The number of benzene rings is 5. The molecule has 5 aromatic rings. The van der Waals surface area contributed by atoms with E-state index in [0.29, 0.717) is 0 Å². The van der Waals surface area contributed by atoms with Gasteiger partial charge in [0.05, 0.1) is 0 Å². The van der Waals surface area contributed by atoms with E-state index in [1.807, 2.05) is 115 Å². The highest BCUT2D eigenvalue weighted by Crippen LogP contribution is 2.44. The quantitative estimate of drug-likeness (QED) is 0.0693. The van der Waals surface area contributed by atoms with E-state index in [-0.39, 0.29) is 31.4 Å². The molecule has 5 aromatic carbocycles. The smallest absolute Gasteiger partial charge is 0.407 e. The largest absolute Gasteiger partial charge is 0.449 e. The molecule has 46 heavy (non-hydrogen) atoms. The molecule has 1 atom stereocenters. The minimum atomic E-state index is -1.02. The molecule has 0 saturated carbocycles. The Morgan fingerprint density at radius 3 is 1.65 bits per heavy atom. The number of amides is 2. The normalized spacial score (nSPS) is 12.6. The Balaban J connectivity index is 1.21. The van der Waals surface area contributed by atoms with Gasteiger partial charge in [-0.15, -0.1) is 0 Å². The first-order valence-corrected chi connectivity index (χ1v) is 15.2. The highest BCUT2D eigenvalue weighted by Gasteiger charge is 2.38. The zero-order valence-corrected chi connectivity index (χ0v) is 25.1. The van der Waals surface area contributed by atoms with Gasteiger partial charge in [-0.25, -0.2) is 4.79 Å². The van der Waals surface area contributed by atoms with Crippen LogP contribution in [0.15, 0.2) is 145 Å². The lowest BCUT2D eigenvalue weighted by Gasteiger charge is -2.37. The number of hydrogen-bond donors (Lipinski definition) is 2. The van der Waals surface area contributed by atoms with Crippen LogP contribution >= 0.6 is 0 Å². The van der Waals surface area contributed by atoms with Crippen molar-refractivity contribution in [3.05, 3.63) is 178 Å². The van der Waals surface area contributed by atoms with E-state index in [2.05, 4.69) is 44.9 Å². The van der Waals surface area contributed by atoms with Gasteiger partial charge in [-0.05, 0) is 44.5 Å². The second-order valence-electron chi connectivity index (χ2n) is 11.2. The van der Waals surface area contributed by atoms with Crippen LogP contribution < -0.4 is 10.6 Å². The van der Waals surface area contributed by atoms with Crippen molar-refractivity contribution in [1.82, 2.24) is 10.6 Å². The Kier molecular flexibility index (Phi) is 9.09. The van der Waals surface area contributed by atoms with Gasteiger partial charge in [0, 0.05) is 29.8 Å². The maximum atomic E-state index is 13.9. The summed E-state index contributed by atoms with van der Waals surface area (Å²) < 4.78 is 5.72. The fourth-order valence-electron chi connectivity index (χ4n) is 6.37. The highest BCUT2D eigenvalue weighted by atomic mass is 16.5. The van der Waals surface area contributed by atoms with E-state index in [4.69, 9.17) is 10.3 Å². The molecule has 0 radical (unpaired) electrons. The predicted molar refractivity (Wildman–Crippen MR) is 178 cm³/mol. The second-order valence-corrected chi connectivity index (χ2v) is 11.2. The van der Waals surface area contributed by atoms with Gasteiger partial charge in [-0.3, -0.25) is 4.79 Å². The number of azide groups is 1. The SMILES string of the molecule is [N-]=[N+]=NC[C@H](CC(=O)NC(c1ccccc1)(c1ccccc1)c1ccccc1)NC(=O)OCC1c2ccccc2-c2ccccc21. The average molecular weight is 608 g/mol. The maximum absolute atomic E-state index is 13.9. The number of nitrogens with zero attached hydrogens (tertiary/aromatic N) is 3. The lowest BCUT2D eigenvalue weighted by Crippen LogP contribution is -2.50. The Bertz CT molecular complexity index is 1720. The molecule has 0 spiro atoms. The Morgan fingerprint density at radius 1 is 0.717 bits per heavy atom. The third-order valence-corrected chi connectivity index (χ3v) is 8.41. The average Bonchev–Trinajstić information content (AvgIpc) is 3.43.